The van der Waals surface area contributed by atoms with Crippen LogP contribution in [0.5, 0.6) is 0 Å². The third-order valence-electron chi connectivity index (χ3n) is 4.09. The van der Waals surface area contributed by atoms with Gasteiger partial charge < -0.3 is 14.5 Å². The molecule has 124 valence electrons. The highest BCUT2D eigenvalue weighted by Gasteiger charge is 2.16. The van der Waals surface area contributed by atoms with Crippen LogP contribution >= 0.6 is 11.8 Å². The van der Waals surface area contributed by atoms with Gasteiger partial charge in [-0.2, -0.15) is 0 Å². The van der Waals surface area contributed by atoms with E-state index >= 15 is 0 Å². The number of amides is 1. The van der Waals surface area contributed by atoms with Crippen LogP contribution in [0.25, 0.3) is 16.7 Å². The molecule has 0 saturated carbocycles. The maximum Gasteiger partial charge on any atom is 0.230 e. The molecule has 6 nitrogen and oxygen atoms in total. The highest BCUT2D eigenvalue weighted by Crippen LogP contribution is 2.25. The van der Waals surface area contributed by atoms with Gasteiger partial charge in [-0.1, -0.05) is 11.8 Å². The van der Waals surface area contributed by atoms with Crippen LogP contribution in [-0.4, -0.2) is 45.3 Å². The van der Waals surface area contributed by atoms with Crippen LogP contribution in [0.1, 0.15) is 12.8 Å². The number of carbonyl (C=O) groups is 1. The van der Waals surface area contributed by atoms with Gasteiger partial charge in [0.2, 0.25) is 5.91 Å². The largest absolute Gasteiger partial charge is 0.376 e. The van der Waals surface area contributed by atoms with Gasteiger partial charge in [0.15, 0.2) is 5.65 Å². The Labute approximate surface area is 143 Å². The van der Waals surface area contributed by atoms with E-state index in [1.807, 2.05) is 30.5 Å². The van der Waals surface area contributed by atoms with Crippen molar-refractivity contribution in [3.05, 3.63) is 36.7 Å². The average Bonchev–Trinajstić information content (AvgIpc) is 3.29. The zero-order valence-corrected chi connectivity index (χ0v) is 14.0. The second kappa shape index (κ2) is 6.78. The molecule has 0 aromatic carbocycles. The second-order valence-electron chi connectivity index (χ2n) is 5.75. The number of fused-ring (bicyclic) bond motifs is 3. The average molecular weight is 342 g/mol. The lowest BCUT2D eigenvalue weighted by Crippen LogP contribution is -2.32. The van der Waals surface area contributed by atoms with Crippen LogP contribution < -0.4 is 5.32 Å². The van der Waals surface area contributed by atoms with Crippen molar-refractivity contribution in [1.82, 2.24) is 19.7 Å². The van der Waals surface area contributed by atoms with Crippen molar-refractivity contribution in [2.45, 2.75) is 24.0 Å². The van der Waals surface area contributed by atoms with Crippen LogP contribution in [0.3, 0.4) is 0 Å². The Morgan fingerprint density at radius 3 is 3.17 bits per heavy atom. The molecule has 3 aromatic heterocycles. The van der Waals surface area contributed by atoms with E-state index < -0.39 is 0 Å². The van der Waals surface area contributed by atoms with Crippen LogP contribution in [0, 0.1) is 0 Å². The molecule has 0 aliphatic carbocycles. The first-order valence-electron chi connectivity index (χ1n) is 8.04. The summed E-state index contributed by atoms with van der Waals surface area (Å²) in [4.78, 5) is 21.0. The molecule has 1 saturated heterocycles. The van der Waals surface area contributed by atoms with E-state index in [0.29, 0.717) is 17.9 Å². The van der Waals surface area contributed by atoms with E-state index in [1.165, 1.54) is 11.8 Å². The number of nitrogens with zero attached hydrogens (tertiary/aromatic N) is 3. The van der Waals surface area contributed by atoms with Gasteiger partial charge in [0, 0.05) is 25.5 Å². The molecule has 0 radical (unpaired) electrons. The minimum Gasteiger partial charge on any atom is -0.376 e. The fourth-order valence-electron chi connectivity index (χ4n) is 2.91. The maximum atomic E-state index is 12.1. The molecule has 1 N–H and O–H groups in total. The van der Waals surface area contributed by atoms with E-state index in [4.69, 9.17) is 4.74 Å². The zero-order valence-electron chi connectivity index (χ0n) is 13.1. The van der Waals surface area contributed by atoms with E-state index in [-0.39, 0.29) is 12.0 Å². The Morgan fingerprint density at radius 1 is 1.38 bits per heavy atom. The third kappa shape index (κ3) is 3.09. The quantitative estimate of drug-likeness (QED) is 0.721. The highest BCUT2D eigenvalue weighted by molar-refractivity contribution is 8.00. The number of hydrogen-bond acceptors (Lipinski definition) is 5. The van der Waals surface area contributed by atoms with E-state index in [9.17, 15) is 4.79 Å². The normalized spacial score (nSPS) is 17.6. The van der Waals surface area contributed by atoms with Crippen LogP contribution in [0.4, 0.5) is 0 Å². The maximum absolute atomic E-state index is 12.1. The lowest BCUT2D eigenvalue weighted by molar-refractivity contribution is -0.119. The topological polar surface area (TPSA) is 68.5 Å². The Morgan fingerprint density at radius 2 is 2.29 bits per heavy atom. The minimum atomic E-state index is 0.00289. The van der Waals surface area contributed by atoms with Gasteiger partial charge in [-0.25, -0.2) is 9.97 Å². The van der Waals surface area contributed by atoms with Crippen LogP contribution in [0.15, 0.2) is 41.7 Å². The molecule has 0 spiro atoms. The molecular formula is C17H18N4O2S. The minimum absolute atomic E-state index is 0.00289. The molecular weight excluding hydrogens is 324 g/mol. The van der Waals surface area contributed by atoms with Gasteiger partial charge in [0.25, 0.3) is 0 Å². The molecule has 4 rings (SSSR count). The van der Waals surface area contributed by atoms with Gasteiger partial charge in [-0.05, 0) is 37.1 Å². The van der Waals surface area contributed by atoms with E-state index in [0.717, 1.165) is 35.5 Å². The molecule has 1 aliphatic rings. The number of pyridine rings is 1. The molecule has 24 heavy (non-hydrogen) atoms. The van der Waals surface area contributed by atoms with Gasteiger partial charge in [-0.15, -0.1) is 0 Å². The van der Waals surface area contributed by atoms with Crippen LogP contribution in [-0.2, 0) is 9.53 Å². The van der Waals surface area contributed by atoms with Crippen molar-refractivity contribution in [3.63, 3.8) is 0 Å². The zero-order chi connectivity index (χ0) is 16.4. The molecule has 1 aliphatic heterocycles. The van der Waals surface area contributed by atoms with Gasteiger partial charge in [0.05, 0.1) is 22.9 Å². The van der Waals surface area contributed by atoms with Gasteiger partial charge in [-0.3, -0.25) is 4.79 Å². The van der Waals surface area contributed by atoms with Crippen molar-refractivity contribution in [2.24, 2.45) is 0 Å². The Hall–Kier alpha value is -2.12. The molecule has 1 unspecified atom stereocenters. The summed E-state index contributed by atoms with van der Waals surface area (Å²) in [5.41, 5.74) is 2.64. The molecule has 1 amide bonds. The fraction of sp³-hybridized carbons (Fsp3) is 0.353. The summed E-state index contributed by atoms with van der Waals surface area (Å²) < 4.78 is 7.57. The number of aromatic nitrogens is 3. The third-order valence-corrected chi connectivity index (χ3v) is 5.07. The lowest BCUT2D eigenvalue weighted by atomic mass is 10.2. The molecule has 4 heterocycles. The predicted molar refractivity (Wildman–Crippen MR) is 93.2 cm³/mol. The number of carbonyl (C=O) groups excluding carboxylic acids is 1. The number of nitrogens with one attached hydrogen (secondary N) is 1. The van der Waals surface area contributed by atoms with Crippen molar-refractivity contribution >= 4 is 34.3 Å². The van der Waals surface area contributed by atoms with Gasteiger partial charge >= 0.3 is 0 Å². The van der Waals surface area contributed by atoms with Crippen molar-refractivity contribution < 1.29 is 9.53 Å². The molecule has 3 aromatic rings. The molecule has 1 fully saturated rings. The first-order chi connectivity index (χ1) is 11.8. The van der Waals surface area contributed by atoms with E-state index in [1.54, 1.807) is 6.20 Å². The number of thioether (sulfide) groups is 1. The summed E-state index contributed by atoms with van der Waals surface area (Å²) in [6, 6.07) is 7.87. The fourth-order valence-corrected chi connectivity index (χ4v) is 3.74. The molecule has 7 heteroatoms. The summed E-state index contributed by atoms with van der Waals surface area (Å²) in [7, 11) is 0. The summed E-state index contributed by atoms with van der Waals surface area (Å²) in [5, 5.41) is 3.76. The summed E-state index contributed by atoms with van der Waals surface area (Å²) in [6.07, 6.45) is 5.99. The summed E-state index contributed by atoms with van der Waals surface area (Å²) in [6.45, 7) is 1.39. The standard InChI is InChI=1S/C17H18N4O2S/c22-15(19-10-12-4-3-9-23-12)11-24-17-14-6-2-8-21(14)13-5-1-7-18-16(13)20-17/h1-2,5-8,12H,3-4,9-11H2,(H,19,22). The number of rotatable bonds is 5. The monoisotopic (exact) mass is 342 g/mol. The lowest BCUT2D eigenvalue weighted by Gasteiger charge is -2.11. The Balaban J connectivity index is 1.47. The van der Waals surface area contributed by atoms with Crippen molar-refractivity contribution in [1.29, 1.82) is 0 Å². The second-order valence-corrected chi connectivity index (χ2v) is 6.72. The first-order valence-corrected chi connectivity index (χ1v) is 9.03. The van der Waals surface area contributed by atoms with Crippen LogP contribution in [0.2, 0.25) is 0 Å². The van der Waals surface area contributed by atoms with E-state index in [2.05, 4.69) is 19.7 Å². The van der Waals surface area contributed by atoms with Crippen molar-refractivity contribution in [2.75, 3.05) is 18.9 Å². The number of hydrogen-bond donors (Lipinski definition) is 1. The number of ether oxygens (including phenoxy) is 1. The Bertz CT molecular complexity index is 873. The van der Waals surface area contributed by atoms with Gasteiger partial charge in [0.1, 0.15) is 5.03 Å². The molecule has 0 bridgehead atoms. The Kier molecular flexibility index (Phi) is 4.36. The highest BCUT2D eigenvalue weighted by atomic mass is 32.2. The summed E-state index contributed by atoms with van der Waals surface area (Å²) in [5.74, 6) is 0.335. The smallest absolute Gasteiger partial charge is 0.230 e. The molecule has 1 atom stereocenters. The summed E-state index contributed by atoms with van der Waals surface area (Å²) >= 11 is 1.44. The SMILES string of the molecule is O=C(CSc1nc2ncccc2n2cccc12)NCC1CCCO1. The first kappa shape index (κ1) is 15.4. The van der Waals surface area contributed by atoms with Crippen molar-refractivity contribution in [3.8, 4) is 0 Å². The predicted octanol–water partition coefficient (Wildman–Crippen LogP) is 2.27.